The fourth-order valence-electron chi connectivity index (χ4n) is 2.00. The van der Waals surface area contributed by atoms with E-state index >= 15 is 0 Å². The number of hydrogen-bond donors (Lipinski definition) is 1. The number of nitrogens with one attached hydrogen (secondary N) is 1. The molecule has 0 saturated carbocycles. The van der Waals surface area contributed by atoms with Crippen LogP contribution in [-0.2, 0) is 10.0 Å². The third-order valence-corrected chi connectivity index (χ3v) is 6.25. The molecule has 0 spiro atoms. The van der Waals surface area contributed by atoms with Gasteiger partial charge >= 0.3 is 0 Å². The second-order valence-electron chi connectivity index (χ2n) is 4.98. The first-order valence-electron chi connectivity index (χ1n) is 6.51. The molecule has 0 radical (unpaired) electrons. The molecule has 7 heteroatoms. The van der Waals surface area contributed by atoms with Crippen LogP contribution in [-0.4, -0.2) is 13.4 Å². The van der Waals surface area contributed by atoms with E-state index in [9.17, 15) is 8.42 Å². The van der Waals surface area contributed by atoms with Gasteiger partial charge in [0.25, 0.3) is 10.0 Å². The number of nitrogens with zero attached hydrogens (tertiary/aromatic N) is 1. The normalized spacial score (nSPS) is 11.8. The van der Waals surface area contributed by atoms with Gasteiger partial charge in [0.2, 0.25) is 0 Å². The second kappa shape index (κ2) is 5.64. The van der Waals surface area contributed by atoms with Gasteiger partial charge in [-0.05, 0) is 55.3 Å². The van der Waals surface area contributed by atoms with Gasteiger partial charge in [-0.1, -0.05) is 33.3 Å². The fraction of sp³-hybridized carbons (Fsp3) is 0.133. The van der Waals surface area contributed by atoms with Crippen LogP contribution in [0.25, 0.3) is 10.2 Å². The highest BCUT2D eigenvalue weighted by molar-refractivity contribution is 9.10. The molecule has 4 nitrogen and oxygen atoms in total. The van der Waals surface area contributed by atoms with E-state index in [2.05, 4.69) is 25.6 Å². The van der Waals surface area contributed by atoms with E-state index in [-0.39, 0.29) is 4.90 Å². The van der Waals surface area contributed by atoms with Crippen molar-refractivity contribution in [2.45, 2.75) is 18.7 Å². The molecule has 0 amide bonds. The van der Waals surface area contributed by atoms with Gasteiger partial charge in [0.15, 0.2) is 5.13 Å². The quantitative estimate of drug-likeness (QED) is 0.709. The Morgan fingerprint density at radius 3 is 2.59 bits per heavy atom. The third-order valence-electron chi connectivity index (χ3n) is 3.36. The molecule has 3 aromatic rings. The van der Waals surface area contributed by atoms with Crippen molar-refractivity contribution in [3.05, 3.63) is 52.0 Å². The van der Waals surface area contributed by atoms with E-state index in [0.717, 1.165) is 25.8 Å². The van der Waals surface area contributed by atoms with E-state index < -0.39 is 10.0 Å². The largest absolute Gasteiger partial charge is 0.263 e. The molecule has 0 bridgehead atoms. The summed E-state index contributed by atoms with van der Waals surface area (Å²) < 4.78 is 29.3. The number of benzene rings is 2. The Hall–Kier alpha value is -1.44. The molecule has 3 rings (SSSR count). The van der Waals surface area contributed by atoms with Gasteiger partial charge in [-0.2, -0.15) is 0 Å². The highest BCUT2D eigenvalue weighted by Crippen LogP contribution is 2.30. The first kappa shape index (κ1) is 15.5. The van der Waals surface area contributed by atoms with Crippen molar-refractivity contribution in [3.63, 3.8) is 0 Å². The number of fused-ring (bicyclic) bond motifs is 1. The Kier molecular flexibility index (Phi) is 3.96. The lowest BCUT2D eigenvalue weighted by Crippen LogP contribution is -2.13. The van der Waals surface area contributed by atoms with Gasteiger partial charge in [0, 0.05) is 4.47 Å². The van der Waals surface area contributed by atoms with E-state index in [1.807, 2.05) is 32.0 Å². The zero-order chi connectivity index (χ0) is 15.9. The maximum atomic E-state index is 12.5. The SMILES string of the molecule is Cc1ccc(S(=O)(=O)Nc2nc3ccc(Br)cc3s2)cc1C. The molecule has 1 heterocycles. The Morgan fingerprint density at radius 2 is 1.86 bits per heavy atom. The van der Waals surface area contributed by atoms with Gasteiger partial charge in [-0.25, -0.2) is 13.4 Å². The summed E-state index contributed by atoms with van der Waals surface area (Å²) in [6.07, 6.45) is 0. The Bertz CT molecular complexity index is 965. The zero-order valence-corrected chi connectivity index (χ0v) is 15.1. The Labute approximate surface area is 141 Å². The predicted octanol–water partition coefficient (Wildman–Crippen LogP) is 4.48. The van der Waals surface area contributed by atoms with Crippen molar-refractivity contribution < 1.29 is 8.42 Å². The molecule has 0 aliphatic carbocycles. The molecule has 2 aromatic carbocycles. The molecule has 0 unspecified atom stereocenters. The molecular formula is C15H13BrN2O2S2. The monoisotopic (exact) mass is 396 g/mol. The van der Waals surface area contributed by atoms with Crippen LogP contribution in [0.5, 0.6) is 0 Å². The maximum Gasteiger partial charge on any atom is 0.263 e. The molecule has 0 saturated heterocycles. The van der Waals surface area contributed by atoms with Crippen LogP contribution in [0.2, 0.25) is 0 Å². The summed E-state index contributed by atoms with van der Waals surface area (Å²) in [6, 6.07) is 10.7. The van der Waals surface area contributed by atoms with E-state index in [0.29, 0.717) is 5.13 Å². The van der Waals surface area contributed by atoms with Crippen molar-refractivity contribution in [3.8, 4) is 0 Å². The average molecular weight is 397 g/mol. The first-order valence-corrected chi connectivity index (χ1v) is 9.60. The summed E-state index contributed by atoms with van der Waals surface area (Å²) in [6.45, 7) is 3.84. The number of anilines is 1. The minimum atomic E-state index is -3.62. The Balaban J connectivity index is 1.96. The van der Waals surface area contributed by atoms with Crippen molar-refractivity contribution in [1.29, 1.82) is 0 Å². The summed E-state index contributed by atoms with van der Waals surface area (Å²) in [5, 5.41) is 0.367. The summed E-state index contributed by atoms with van der Waals surface area (Å²) in [5.41, 5.74) is 2.77. The zero-order valence-electron chi connectivity index (χ0n) is 11.9. The van der Waals surface area contributed by atoms with Gasteiger partial charge in [0.05, 0.1) is 15.1 Å². The van der Waals surface area contributed by atoms with Crippen molar-refractivity contribution in [1.82, 2.24) is 4.98 Å². The average Bonchev–Trinajstić information content (AvgIpc) is 2.82. The number of hydrogen-bond acceptors (Lipinski definition) is 4. The van der Waals surface area contributed by atoms with Crippen LogP contribution in [0, 0.1) is 13.8 Å². The fourth-order valence-corrected chi connectivity index (χ4v) is 4.73. The van der Waals surface area contributed by atoms with Crippen molar-refractivity contribution >= 4 is 52.6 Å². The molecule has 22 heavy (non-hydrogen) atoms. The van der Waals surface area contributed by atoms with Crippen LogP contribution in [0.1, 0.15) is 11.1 Å². The molecule has 1 N–H and O–H groups in total. The molecule has 0 aliphatic rings. The second-order valence-corrected chi connectivity index (χ2v) is 8.61. The van der Waals surface area contributed by atoms with E-state index in [1.54, 1.807) is 18.2 Å². The lowest BCUT2D eigenvalue weighted by atomic mass is 10.1. The molecule has 0 aliphatic heterocycles. The maximum absolute atomic E-state index is 12.5. The molecule has 0 atom stereocenters. The highest BCUT2D eigenvalue weighted by atomic mass is 79.9. The summed E-state index contributed by atoms with van der Waals surface area (Å²) >= 11 is 4.70. The lowest BCUT2D eigenvalue weighted by Gasteiger charge is -2.07. The van der Waals surface area contributed by atoms with Crippen molar-refractivity contribution in [2.75, 3.05) is 4.72 Å². The lowest BCUT2D eigenvalue weighted by molar-refractivity contribution is 0.601. The Morgan fingerprint density at radius 1 is 1.09 bits per heavy atom. The number of aryl methyl sites for hydroxylation is 2. The summed E-state index contributed by atoms with van der Waals surface area (Å²) in [5.74, 6) is 0. The summed E-state index contributed by atoms with van der Waals surface area (Å²) in [4.78, 5) is 4.56. The molecule has 0 fully saturated rings. The smallest absolute Gasteiger partial charge is 0.255 e. The molecule has 1 aromatic heterocycles. The van der Waals surface area contributed by atoms with Crippen LogP contribution < -0.4 is 4.72 Å². The minimum Gasteiger partial charge on any atom is -0.255 e. The van der Waals surface area contributed by atoms with Gasteiger partial charge in [-0.15, -0.1) is 0 Å². The number of rotatable bonds is 3. The highest BCUT2D eigenvalue weighted by Gasteiger charge is 2.17. The predicted molar refractivity (Wildman–Crippen MR) is 94.0 cm³/mol. The van der Waals surface area contributed by atoms with Crippen molar-refractivity contribution in [2.24, 2.45) is 0 Å². The number of aromatic nitrogens is 1. The standard InChI is InChI=1S/C15H13BrN2O2S2/c1-9-3-5-12(7-10(9)2)22(19,20)18-15-17-13-6-4-11(16)8-14(13)21-15/h3-8H,1-2H3,(H,17,18). The number of sulfonamides is 1. The summed E-state index contributed by atoms with van der Waals surface area (Å²) in [7, 11) is -3.62. The van der Waals surface area contributed by atoms with E-state index in [1.165, 1.54) is 11.3 Å². The van der Waals surface area contributed by atoms with Gasteiger partial charge in [0.1, 0.15) is 0 Å². The molecule has 114 valence electrons. The van der Waals surface area contributed by atoms with E-state index in [4.69, 9.17) is 0 Å². The van der Waals surface area contributed by atoms with Crippen LogP contribution in [0.15, 0.2) is 45.8 Å². The third kappa shape index (κ3) is 3.02. The van der Waals surface area contributed by atoms with Crippen LogP contribution in [0.4, 0.5) is 5.13 Å². The van der Waals surface area contributed by atoms with Crippen LogP contribution >= 0.6 is 27.3 Å². The van der Waals surface area contributed by atoms with Crippen LogP contribution in [0.3, 0.4) is 0 Å². The first-order chi connectivity index (χ1) is 10.3. The molecular weight excluding hydrogens is 384 g/mol. The number of halogens is 1. The number of thiazole rings is 1. The van der Waals surface area contributed by atoms with Gasteiger partial charge in [-0.3, -0.25) is 4.72 Å². The topological polar surface area (TPSA) is 59.1 Å². The van der Waals surface area contributed by atoms with Gasteiger partial charge < -0.3 is 0 Å². The minimum absolute atomic E-state index is 0.246.